The molecular formula is C44H50. The van der Waals surface area contributed by atoms with Crippen LogP contribution in [0.25, 0.3) is 11.1 Å². The summed E-state index contributed by atoms with van der Waals surface area (Å²) in [4.78, 5) is 0. The van der Waals surface area contributed by atoms with E-state index in [1.807, 2.05) is 0 Å². The molecule has 2 aliphatic carbocycles. The summed E-state index contributed by atoms with van der Waals surface area (Å²) in [6, 6.07) is 37.6. The largest absolute Gasteiger partial charge is 0.0661 e. The van der Waals surface area contributed by atoms with Crippen molar-refractivity contribution in [2.75, 3.05) is 0 Å². The van der Waals surface area contributed by atoms with E-state index in [0.29, 0.717) is 0 Å². The van der Waals surface area contributed by atoms with Gasteiger partial charge in [0.1, 0.15) is 0 Å². The number of fused-ring (bicyclic) bond motifs is 3. The Morgan fingerprint density at radius 1 is 0.568 bits per heavy atom. The highest BCUT2D eigenvalue weighted by Gasteiger charge is 2.51. The fourth-order valence-corrected chi connectivity index (χ4v) is 7.74. The molecule has 0 radical (unpaired) electrons. The lowest BCUT2D eigenvalue weighted by atomic mass is 9.58. The summed E-state index contributed by atoms with van der Waals surface area (Å²) in [7, 11) is 0. The predicted molar refractivity (Wildman–Crippen MR) is 190 cm³/mol. The van der Waals surface area contributed by atoms with Crippen LogP contribution in [0.1, 0.15) is 120 Å². The maximum atomic E-state index is 2.56. The highest BCUT2D eigenvalue weighted by molar-refractivity contribution is 5.82. The maximum Gasteiger partial charge on any atom is 0.0526 e. The van der Waals surface area contributed by atoms with Gasteiger partial charge in [-0.25, -0.2) is 0 Å². The van der Waals surface area contributed by atoms with E-state index in [1.165, 1.54) is 75.8 Å². The molecule has 0 bridgehead atoms. The lowest BCUT2D eigenvalue weighted by Crippen LogP contribution is -2.37. The van der Waals surface area contributed by atoms with Gasteiger partial charge in [-0.1, -0.05) is 182 Å². The maximum absolute atomic E-state index is 2.56. The molecule has 0 N–H and O–H groups in total. The van der Waals surface area contributed by atoms with Crippen molar-refractivity contribution in [1.29, 1.82) is 0 Å². The topological polar surface area (TPSA) is 0 Å². The molecule has 0 heterocycles. The molecule has 0 amide bonds. The van der Waals surface area contributed by atoms with Gasteiger partial charge in [-0.2, -0.15) is 0 Å². The van der Waals surface area contributed by atoms with Crippen molar-refractivity contribution in [3.8, 4) is 11.1 Å². The molecule has 226 valence electrons. The minimum absolute atomic E-state index is 0.0632. The van der Waals surface area contributed by atoms with Gasteiger partial charge in [0.15, 0.2) is 0 Å². The van der Waals surface area contributed by atoms with Crippen LogP contribution in [0.5, 0.6) is 0 Å². The molecule has 0 saturated carbocycles. The van der Waals surface area contributed by atoms with Crippen LogP contribution >= 0.6 is 0 Å². The summed E-state index contributed by atoms with van der Waals surface area (Å²) in [5, 5.41) is 0. The van der Waals surface area contributed by atoms with E-state index in [0.717, 1.165) is 6.42 Å². The number of hydrogen-bond donors (Lipinski definition) is 0. The molecule has 6 rings (SSSR count). The van der Waals surface area contributed by atoms with Gasteiger partial charge in [-0.05, 0) is 74.6 Å². The highest BCUT2D eigenvalue weighted by Crippen LogP contribution is 2.61. The molecule has 44 heavy (non-hydrogen) atoms. The number of rotatable bonds is 8. The van der Waals surface area contributed by atoms with E-state index in [4.69, 9.17) is 0 Å². The SMILES string of the molecule is CCCCCC1=CC=C(C(c2ccccc2)(c2ccccc2)C2c3cc(C(C)(C)C)ccc3-c3ccc(C(C)(C)C)cc32)C1. The van der Waals surface area contributed by atoms with Gasteiger partial charge in [0.05, 0.1) is 5.41 Å². The Kier molecular flexibility index (Phi) is 8.08. The van der Waals surface area contributed by atoms with Gasteiger partial charge in [0.25, 0.3) is 0 Å². The summed E-state index contributed by atoms with van der Waals surface area (Å²) in [5.41, 5.74) is 14.2. The van der Waals surface area contributed by atoms with Crippen LogP contribution in [-0.2, 0) is 16.2 Å². The molecule has 4 aromatic carbocycles. The fourth-order valence-electron chi connectivity index (χ4n) is 7.74. The van der Waals surface area contributed by atoms with Crippen molar-refractivity contribution in [3.05, 3.63) is 154 Å². The van der Waals surface area contributed by atoms with Crippen LogP contribution in [0.2, 0.25) is 0 Å². The van der Waals surface area contributed by atoms with Gasteiger partial charge < -0.3 is 0 Å². The standard InChI is InChI=1S/C44H50/c1-8-9-12-17-31-22-23-36(28-31)44(32-18-13-10-14-19-32,33-20-15-11-16-21-33)41-39-29-34(42(2,3)4)24-26-37(39)38-27-25-35(30-40(38)41)43(5,6)7/h10-11,13-16,18-27,29-30,41H,8-9,12,17,28H2,1-7H3. The van der Waals surface area contributed by atoms with Crippen LogP contribution in [0.4, 0.5) is 0 Å². The Morgan fingerprint density at radius 2 is 1.07 bits per heavy atom. The van der Waals surface area contributed by atoms with Crippen molar-refractivity contribution in [2.45, 2.75) is 103 Å². The molecule has 0 nitrogen and oxygen atoms in total. The number of unbranched alkanes of at least 4 members (excludes halogenated alkanes) is 2. The Labute approximate surface area is 267 Å². The molecule has 0 aromatic heterocycles. The summed E-state index contributed by atoms with van der Waals surface area (Å²) < 4.78 is 0. The van der Waals surface area contributed by atoms with E-state index >= 15 is 0 Å². The monoisotopic (exact) mass is 578 g/mol. The van der Waals surface area contributed by atoms with Crippen LogP contribution in [0, 0.1) is 0 Å². The molecule has 0 atom stereocenters. The zero-order valence-electron chi connectivity index (χ0n) is 28.0. The van der Waals surface area contributed by atoms with Crippen molar-refractivity contribution in [2.24, 2.45) is 0 Å². The molecular weight excluding hydrogens is 528 g/mol. The van der Waals surface area contributed by atoms with Crippen LogP contribution < -0.4 is 0 Å². The van der Waals surface area contributed by atoms with E-state index in [1.54, 1.807) is 5.57 Å². The Balaban J connectivity index is 1.68. The predicted octanol–water partition coefficient (Wildman–Crippen LogP) is 12.2. The first-order chi connectivity index (χ1) is 21.0. The molecule has 2 aliphatic rings. The van der Waals surface area contributed by atoms with Crippen molar-refractivity contribution >= 4 is 0 Å². The molecule has 0 spiro atoms. The average molecular weight is 579 g/mol. The first kappa shape index (κ1) is 30.4. The summed E-state index contributed by atoms with van der Waals surface area (Å²) >= 11 is 0. The molecule has 0 heteroatoms. The summed E-state index contributed by atoms with van der Waals surface area (Å²) in [6.07, 6.45) is 11.0. The second kappa shape index (κ2) is 11.7. The Bertz CT molecular complexity index is 1580. The van der Waals surface area contributed by atoms with E-state index < -0.39 is 0 Å². The first-order valence-electron chi connectivity index (χ1n) is 16.8. The van der Waals surface area contributed by atoms with Crippen LogP contribution in [0.15, 0.2) is 120 Å². The summed E-state index contributed by atoms with van der Waals surface area (Å²) in [6.45, 7) is 16.4. The van der Waals surface area contributed by atoms with E-state index in [9.17, 15) is 0 Å². The first-order valence-corrected chi connectivity index (χ1v) is 16.8. The van der Waals surface area contributed by atoms with Gasteiger partial charge in [0.2, 0.25) is 0 Å². The Hall–Kier alpha value is -3.64. The summed E-state index contributed by atoms with van der Waals surface area (Å²) in [5.74, 6) is 0.150. The van der Waals surface area contributed by atoms with E-state index in [-0.39, 0.29) is 22.2 Å². The second-order valence-electron chi connectivity index (χ2n) is 15.2. The van der Waals surface area contributed by atoms with Crippen molar-refractivity contribution in [1.82, 2.24) is 0 Å². The third-order valence-corrected chi connectivity index (χ3v) is 10.2. The molecule has 0 aliphatic heterocycles. The molecule has 0 unspecified atom stereocenters. The van der Waals surface area contributed by atoms with Gasteiger partial charge >= 0.3 is 0 Å². The normalized spacial score (nSPS) is 15.2. The Morgan fingerprint density at radius 3 is 1.52 bits per heavy atom. The van der Waals surface area contributed by atoms with Gasteiger partial charge in [-0.3, -0.25) is 0 Å². The zero-order chi connectivity index (χ0) is 31.1. The third kappa shape index (κ3) is 5.32. The minimum Gasteiger partial charge on any atom is -0.0661 e. The molecule has 0 fully saturated rings. The number of benzene rings is 4. The van der Waals surface area contributed by atoms with Crippen molar-refractivity contribution in [3.63, 3.8) is 0 Å². The number of hydrogen-bond acceptors (Lipinski definition) is 0. The number of allylic oxidation sites excluding steroid dienone is 4. The van der Waals surface area contributed by atoms with Crippen LogP contribution in [0.3, 0.4) is 0 Å². The second-order valence-corrected chi connectivity index (χ2v) is 15.2. The van der Waals surface area contributed by atoms with E-state index in [2.05, 4.69) is 158 Å². The quantitative estimate of drug-likeness (QED) is 0.182. The average Bonchev–Trinajstić information content (AvgIpc) is 3.61. The zero-order valence-corrected chi connectivity index (χ0v) is 28.0. The molecule has 4 aromatic rings. The van der Waals surface area contributed by atoms with Crippen LogP contribution in [-0.4, -0.2) is 0 Å². The third-order valence-electron chi connectivity index (χ3n) is 10.2. The van der Waals surface area contributed by atoms with Gasteiger partial charge in [0, 0.05) is 5.92 Å². The minimum atomic E-state index is -0.349. The lowest BCUT2D eigenvalue weighted by Gasteiger charge is -2.44. The fraction of sp³-hybridized carbons (Fsp3) is 0.364. The van der Waals surface area contributed by atoms with Gasteiger partial charge in [-0.15, -0.1) is 0 Å². The van der Waals surface area contributed by atoms with Crippen molar-refractivity contribution < 1.29 is 0 Å². The smallest absolute Gasteiger partial charge is 0.0526 e. The molecule has 0 saturated heterocycles. The lowest BCUT2D eigenvalue weighted by molar-refractivity contribution is 0.518. The highest BCUT2D eigenvalue weighted by atomic mass is 14.5.